The average Bonchev–Trinajstić information content (AvgIpc) is 2.17. The highest BCUT2D eigenvalue weighted by Gasteiger charge is 2.20. The molecule has 1 aromatic rings. The highest BCUT2D eigenvalue weighted by molar-refractivity contribution is 5.19. The van der Waals surface area contributed by atoms with Crippen molar-refractivity contribution in [2.75, 3.05) is 13.6 Å². The normalized spacial score (nSPS) is 15.4. The lowest BCUT2D eigenvalue weighted by Gasteiger charge is -2.32. The molecule has 2 atom stereocenters. The molecule has 0 fully saturated rings. The zero-order chi connectivity index (χ0) is 12.1. The smallest absolute Gasteiger partial charge is 0.0368 e. The van der Waals surface area contributed by atoms with E-state index in [9.17, 15) is 0 Å². The van der Waals surface area contributed by atoms with Crippen LogP contribution >= 0.6 is 0 Å². The van der Waals surface area contributed by atoms with Gasteiger partial charge >= 0.3 is 0 Å². The van der Waals surface area contributed by atoms with Crippen molar-refractivity contribution in [1.29, 1.82) is 0 Å². The van der Waals surface area contributed by atoms with E-state index in [2.05, 4.69) is 63.1 Å². The Balaban J connectivity index is 2.83. The second-order valence-corrected chi connectivity index (χ2v) is 5.02. The minimum Gasteiger partial charge on any atom is -0.327 e. The fourth-order valence-electron chi connectivity index (χ4n) is 2.37. The van der Waals surface area contributed by atoms with E-state index in [1.165, 1.54) is 5.56 Å². The van der Waals surface area contributed by atoms with Gasteiger partial charge in [0, 0.05) is 18.6 Å². The van der Waals surface area contributed by atoms with E-state index in [-0.39, 0.29) is 6.04 Å². The summed E-state index contributed by atoms with van der Waals surface area (Å²) in [4.78, 5) is 2.35. The van der Waals surface area contributed by atoms with Crippen LogP contribution in [0.15, 0.2) is 30.3 Å². The molecular formula is C14H24N2. The molecule has 0 aliphatic heterocycles. The van der Waals surface area contributed by atoms with Gasteiger partial charge in [-0.2, -0.15) is 0 Å². The zero-order valence-electron chi connectivity index (χ0n) is 10.9. The van der Waals surface area contributed by atoms with Crippen molar-refractivity contribution >= 4 is 0 Å². The number of nitrogens with zero attached hydrogens (tertiary/aromatic N) is 1. The standard InChI is InChI=1S/C14H24N2/c1-11(2)14(16(4)10-12(3)15)13-8-6-5-7-9-13/h5-9,11-12,14H,10,15H2,1-4H3. The Morgan fingerprint density at radius 1 is 1.12 bits per heavy atom. The second kappa shape index (κ2) is 6.02. The molecular weight excluding hydrogens is 196 g/mol. The number of likely N-dealkylation sites (N-methyl/N-ethyl adjacent to an activating group) is 1. The quantitative estimate of drug-likeness (QED) is 0.826. The first kappa shape index (κ1) is 13.2. The largest absolute Gasteiger partial charge is 0.327 e. The lowest BCUT2D eigenvalue weighted by atomic mass is 9.94. The molecule has 0 saturated carbocycles. The molecule has 90 valence electrons. The Bertz CT molecular complexity index is 293. The molecule has 1 rings (SSSR count). The van der Waals surface area contributed by atoms with E-state index in [0.29, 0.717) is 12.0 Å². The van der Waals surface area contributed by atoms with Gasteiger partial charge in [-0.05, 0) is 25.5 Å². The van der Waals surface area contributed by atoms with Crippen molar-refractivity contribution in [3.05, 3.63) is 35.9 Å². The Hall–Kier alpha value is -0.860. The summed E-state index contributed by atoms with van der Waals surface area (Å²) in [6.07, 6.45) is 0. The monoisotopic (exact) mass is 220 g/mol. The maximum atomic E-state index is 5.87. The summed E-state index contributed by atoms with van der Waals surface area (Å²) >= 11 is 0. The van der Waals surface area contributed by atoms with E-state index >= 15 is 0 Å². The van der Waals surface area contributed by atoms with Crippen molar-refractivity contribution in [2.24, 2.45) is 11.7 Å². The zero-order valence-corrected chi connectivity index (χ0v) is 10.9. The Kier molecular flexibility index (Phi) is 4.97. The summed E-state index contributed by atoms with van der Waals surface area (Å²) in [6.45, 7) is 7.50. The van der Waals surface area contributed by atoms with Gasteiger partial charge < -0.3 is 5.73 Å². The van der Waals surface area contributed by atoms with Crippen LogP contribution in [0.2, 0.25) is 0 Å². The molecule has 2 unspecified atom stereocenters. The van der Waals surface area contributed by atoms with E-state index in [0.717, 1.165) is 6.54 Å². The number of benzene rings is 1. The first-order valence-electron chi connectivity index (χ1n) is 6.03. The van der Waals surface area contributed by atoms with E-state index in [1.54, 1.807) is 0 Å². The van der Waals surface area contributed by atoms with Gasteiger partial charge in [-0.1, -0.05) is 44.2 Å². The van der Waals surface area contributed by atoms with Gasteiger partial charge in [-0.15, -0.1) is 0 Å². The highest BCUT2D eigenvalue weighted by Crippen LogP contribution is 2.27. The fourth-order valence-corrected chi connectivity index (χ4v) is 2.37. The van der Waals surface area contributed by atoms with Gasteiger partial charge in [-0.25, -0.2) is 0 Å². The van der Waals surface area contributed by atoms with Crippen LogP contribution in [0.5, 0.6) is 0 Å². The van der Waals surface area contributed by atoms with Crippen molar-refractivity contribution in [3.63, 3.8) is 0 Å². The van der Waals surface area contributed by atoms with E-state index in [4.69, 9.17) is 5.73 Å². The van der Waals surface area contributed by atoms with Crippen LogP contribution in [0.4, 0.5) is 0 Å². The molecule has 2 heteroatoms. The van der Waals surface area contributed by atoms with Gasteiger partial charge in [0.1, 0.15) is 0 Å². The van der Waals surface area contributed by atoms with Gasteiger partial charge in [-0.3, -0.25) is 4.90 Å². The van der Waals surface area contributed by atoms with Gasteiger partial charge in [0.25, 0.3) is 0 Å². The molecule has 16 heavy (non-hydrogen) atoms. The van der Waals surface area contributed by atoms with Crippen molar-refractivity contribution in [3.8, 4) is 0 Å². The van der Waals surface area contributed by atoms with Crippen LogP contribution in [-0.4, -0.2) is 24.5 Å². The summed E-state index contributed by atoms with van der Waals surface area (Å²) in [7, 11) is 2.15. The minimum absolute atomic E-state index is 0.218. The van der Waals surface area contributed by atoms with Crippen molar-refractivity contribution in [2.45, 2.75) is 32.9 Å². The molecule has 0 aromatic heterocycles. The van der Waals surface area contributed by atoms with Crippen LogP contribution in [0.25, 0.3) is 0 Å². The SMILES string of the molecule is CC(N)CN(C)C(c1ccccc1)C(C)C. The molecule has 0 heterocycles. The molecule has 1 aromatic carbocycles. The van der Waals surface area contributed by atoms with Crippen LogP contribution < -0.4 is 5.73 Å². The van der Waals surface area contributed by atoms with E-state index < -0.39 is 0 Å². The minimum atomic E-state index is 0.218. The number of hydrogen-bond acceptors (Lipinski definition) is 2. The number of nitrogens with two attached hydrogens (primary N) is 1. The van der Waals surface area contributed by atoms with Crippen molar-refractivity contribution < 1.29 is 0 Å². The Labute approximate surface area is 99.5 Å². The summed E-state index contributed by atoms with van der Waals surface area (Å²) in [5, 5.41) is 0. The van der Waals surface area contributed by atoms with Gasteiger partial charge in [0.2, 0.25) is 0 Å². The van der Waals surface area contributed by atoms with Crippen LogP contribution in [0.3, 0.4) is 0 Å². The predicted octanol–water partition coefficient (Wildman–Crippen LogP) is 2.66. The average molecular weight is 220 g/mol. The maximum absolute atomic E-state index is 5.87. The third-order valence-corrected chi connectivity index (χ3v) is 2.82. The summed E-state index contributed by atoms with van der Waals surface area (Å²) in [5.74, 6) is 0.589. The number of rotatable bonds is 5. The van der Waals surface area contributed by atoms with Crippen LogP contribution in [0, 0.1) is 5.92 Å². The second-order valence-electron chi connectivity index (χ2n) is 5.02. The highest BCUT2D eigenvalue weighted by atomic mass is 15.1. The summed E-state index contributed by atoms with van der Waals surface area (Å²) < 4.78 is 0. The molecule has 0 aliphatic carbocycles. The predicted molar refractivity (Wildman–Crippen MR) is 70.3 cm³/mol. The van der Waals surface area contributed by atoms with Crippen molar-refractivity contribution in [1.82, 2.24) is 4.90 Å². The number of hydrogen-bond donors (Lipinski definition) is 1. The molecule has 0 spiro atoms. The molecule has 0 saturated heterocycles. The first-order chi connectivity index (χ1) is 7.52. The Morgan fingerprint density at radius 2 is 1.69 bits per heavy atom. The molecule has 2 N–H and O–H groups in total. The third-order valence-electron chi connectivity index (χ3n) is 2.82. The first-order valence-corrected chi connectivity index (χ1v) is 6.03. The lowest BCUT2D eigenvalue weighted by Crippen LogP contribution is -2.37. The fraction of sp³-hybridized carbons (Fsp3) is 0.571. The lowest BCUT2D eigenvalue weighted by molar-refractivity contribution is 0.186. The molecule has 0 radical (unpaired) electrons. The van der Waals surface area contributed by atoms with Gasteiger partial charge in [0.05, 0.1) is 0 Å². The van der Waals surface area contributed by atoms with E-state index in [1.807, 2.05) is 0 Å². The third kappa shape index (κ3) is 3.62. The molecule has 0 aliphatic rings. The Morgan fingerprint density at radius 3 is 2.12 bits per heavy atom. The molecule has 0 bridgehead atoms. The molecule has 0 amide bonds. The maximum Gasteiger partial charge on any atom is 0.0368 e. The van der Waals surface area contributed by atoms with Gasteiger partial charge in [0.15, 0.2) is 0 Å². The van der Waals surface area contributed by atoms with Crippen LogP contribution in [-0.2, 0) is 0 Å². The summed E-state index contributed by atoms with van der Waals surface area (Å²) in [5.41, 5.74) is 7.24. The molecule has 2 nitrogen and oxygen atoms in total. The summed E-state index contributed by atoms with van der Waals surface area (Å²) in [6, 6.07) is 11.3. The topological polar surface area (TPSA) is 29.3 Å². The van der Waals surface area contributed by atoms with Crippen LogP contribution in [0.1, 0.15) is 32.4 Å².